The summed E-state index contributed by atoms with van der Waals surface area (Å²) in [7, 11) is 0. The average molecular weight is 934 g/mol. The van der Waals surface area contributed by atoms with E-state index >= 15 is 0 Å². The lowest BCUT2D eigenvalue weighted by atomic mass is 9.92. The van der Waals surface area contributed by atoms with Crippen molar-refractivity contribution in [2.45, 2.75) is 316 Å². The molecule has 0 rings (SSSR count). The molecular weight excluding hydrogens is 821 g/mol. The van der Waals surface area contributed by atoms with Crippen molar-refractivity contribution in [2.75, 3.05) is 26.4 Å². The molecule has 0 aromatic carbocycles. The molecule has 0 unspecified atom stereocenters. The van der Waals surface area contributed by atoms with Crippen LogP contribution in [0.1, 0.15) is 316 Å². The number of hydrogen-bond donors (Lipinski definition) is 1. The molecule has 0 amide bonds. The SMILES string of the molecule is CCCCCCCC/C=C\CCCCCCCC(=O)OCC(CO)(COC(=O)CCCCCCCCCCCCCCCCC)COC(=O)CCCCCCCCCCCCCCCCC. The van der Waals surface area contributed by atoms with Crippen molar-refractivity contribution in [3.63, 3.8) is 0 Å². The fourth-order valence-corrected chi connectivity index (χ4v) is 8.80. The minimum absolute atomic E-state index is 0.159. The summed E-state index contributed by atoms with van der Waals surface area (Å²) in [6.45, 7) is 5.90. The van der Waals surface area contributed by atoms with Crippen molar-refractivity contribution in [3.8, 4) is 0 Å². The zero-order valence-corrected chi connectivity index (χ0v) is 44.4. The minimum atomic E-state index is -1.19. The van der Waals surface area contributed by atoms with E-state index in [1.165, 1.54) is 205 Å². The highest BCUT2D eigenvalue weighted by atomic mass is 16.6. The van der Waals surface area contributed by atoms with Gasteiger partial charge in [0.15, 0.2) is 0 Å². The van der Waals surface area contributed by atoms with Crippen molar-refractivity contribution in [2.24, 2.45) is 5.41 Å². The second-order valence-electron chi connectivity index (χ2n) is 20.4. The smallest absolute Gasteiger partial charge is 0.305 e. The summed E-state index contributed by atoms with van der Waals surface area (Å²) in [4.78, 5) is 38.5. The van der Waals surface area contributed by atoms with E-state index in [-0.39, 0.29) is 37.7 Å². The van der Waals surface area contributed by atoms with E-state index in [4.69, 9.17) is 14.2 Å². The van der Waals surface area contributed by atoms with Gasteiger partial charge in [0.1, 0.15) is 19.8 Å². The maximum absolute atomic E-state index is 12.8. The molecule has 0 aromatic heterocycles. The number of ether oxygens (including phenoxy) is 3. The van der Waals surface area contributed by atoms with Crippen LogP contribution in [-0.4, -0.2) is 49.4 Å². The Bertz CT molecular complexity index is 1010. The molecule has 0 heterocycles. The van der Waals surface area contributed by atoms with Crippen LogP contribution < -0.4 is 0 Å². The van der Waals surface area contributed by atoms with E-state index in [9.17, 15) is 19.5 Å². The van der Waals surface area contributed by atoms with Crippen molar-refractivity contribution < 1.29 is 33.7 Å². The summed E-state index contributed by atoms with van der Waals surface area (Å²) >= 11 is 0. The number of carbonyl (C=O) groups is 3. The van der Waals surface area contributed by atoms with Crippen LogP contribution in [0.4, 0.5) is 0 Å². The van der Waals surface area contributed by atoms with E-state index in [0.717, 1.165) is 70.6 Å². The van der Waals surface area contributed by atoms with Gasteiger partial charge in [-0.25, -0.2) is 0 Å². The van der Waals surface area contributed by atoms with E-state index in [0.29, 0.717) is 19.3 Å². The molecular formula is C59H112O7. The normalized spacial score (nSPS) is 11.8. The maximum atomic E-state index is 12.8. The Kier molecular flexibility index (Phi) is 51.0. The van der Waals surface area contributed by atoms with Gasteiger partial charge in [0.2, 0.25) is 0 Å². The molecule has 7 nitrogen and oxygen atoms in total. The molecule has 0 saturated carbocycles. The third-order valence-electron chi connectivity index (χ3n) is 13.6. The highest BCUT2D eigenvalue weighted by Gasteiger charge is 2.35. The van der Waals surface area contributed by atoms with Crippen molar-refractivity contribution in [1.29, 1.82) is 0 Å². The van der Waals surface area contributed by atoms with Crippen LogP contribution in [0.15, 0.2) is 12.2 Å². The molecule has 0 aliphatic carbocycles. The average Bonchev–Trinajstić information content (AvgIpc) is 3.32. The van der Waals surface area contributed by atoms with E-state index < -0.39 is 12.0 Å². The Morgan fingerprint density at radius 1 is 0.318 bits per heavy atom. The fourth-order valence-electron chi connectivity index (χ4n) is 8.80. The lowest BCUT2D eigenvalue weighted by molar-refractivity contribution is -0.165. The molecule has 1 N–H and O–H groups in total. The third kappa shape index (κ3) is 47.2. The first kappa shape index (κ1) is 64.1. The van der Waals surface area contributed by atoms with Gasteiger partial charge in [-0.2, -0.15) is 0 Å². The molecule has 0 saturated heterocycles. The number of hydrogen-bond acceptors (Lipinski definition) is 7. The van der Waals surface area contributed by atoms with Crippen LogP contribution in [0.25, 0.3) is 0 Å². The zero-order chi connectivity index (χ0) is 48.1. The van der Waals surface area contributed by atoms with Gasteiger partial charge in [-0.3, -0.25) is 14.4 Å². The maximum Gasteiger partial charge on any atom is 0.305 e. The number of allylic oxidation sites excluding steroid dienone is 2. The van der Waals surface area contributed by atoms with E-state index in [1.54, 1.807) is 0 Å². The predicted molar refractivity (Wildman–Crippen MR) is 281 cm³/mol. The fraction of sp³-hybridized carbons (Fsp3) is 0.915. The molecule has 0 atom stereocenters. The largest absolute Gasteiger partial charge is 0.465 e. The summed E-state index contributed by atoms with van der Waals surface area (Å²) in [6, 6.07) is 0. The standard InChI is InChI=1S/C59H112O7/c1-4-7-10-13-16-19-22-25-28-31-34-37-40-43-46-49-56(61)64-53-59(52-60,54-65-57(62)50-47-44-41-38-35-32-29-26-23-20-17-14-11-8-5-2)55-66-58(63)51-48-45-42-39-36-33-30-27-24-21-18-15-12-9-6-3/h25,28,60H,4-24,26-27,29-55H2,1-3H3/b28-25-. The molecule has 7 heteroatoms. The molecule has 66 heavy (non-hydrogen) atoms. The molecule has 0 radical (unpaired) electrons. The van der Waals surface area contributed by atoms with Crippen molar-refractivity contribution >= 4 is 17.9 Å². The van der Waals surface area contributed by atoms with Crippen LogP contribution >= 0.6 is 0 Å². The Morgan fingerprint density at radius 3 is 0.727 bits per heavy atom. The van der Waals surface area contributed by atoms with Crippen molar-refractivity contribution in [1.82, 2.24) is 0 Å². The van der Waals surface area contributed by atoms with Gasteiger partial charge in [0, 0.05) is 19.3 Å². The van der Waals surface area contributed by atoms with E-state index in [1.807, 2.05) is 0 Å². The number of rotatable bonds is 54. The molecule has 0 spiro atoms. The van der Waals surface area contributed by atoms with Crippen LogP contribution in [-0.2, 0) is 28.6 Å². The number of unbranched alkanes of at least 4 members (excludes halogenated alkanes) is 39. The van der Waals surface area contributed by atoms with Gasteiger partial charge in [0.25, 0.3) is 0 Å². The lowest BCUT2D eigenvalue weighted by Crippen LogP contribution is -2.42. The number of carbonyl (C=O) groups excluding carboxylic acids is 3. The second-order valence-corrected chi connectivity index (χ2v) is 20.4. The number of aliphatic hydroxyl groups is 1. The van der Waals surface area contributed by atoms with Crippen LogP contribution in [0.3, 0.4) is 0 Å². The van der Waals surface area contributed by atoms with Crippen LogP contribution in [0, 0.1) is 5.41 Å². The summed E-state index contributed by atoms with van der Waals surface area (Å²) in [5.74, 6) is -0.990. The van der Waals surface area contributed by atoms with Gasteiger partial charge in [-0.15, -0.1) is 0 Å². The molecule has 0 fully saturated rings. The first-order chi connectivity index (χ1) is 32.4. The summed E-state index contributed by atoms with van der Waals surface area (Å²) < 4.78 is 17.0. The molecule has 0 aromatic rings. The first-order valence-electron chi connectivity index (χ1n) is 29.2. The molecule has 390 valence electrons. The van der Waals surface area contributed by atoms with Gasteiger partial charge in [-0.1, -0.05) is 264 Å². The zero-order valence-electron chi connectivity index (χ0n) is 44.4. The molecule has 0 bridgehead atoms. The quantitative estimate of drug-likeness (QED) is 0.0281. The Morgan fingerprint density at radius 2 is 0.515 bits per heavy atom. The van der Waals surface area contributed by atoms with Crippen LogP contribution in [0.5, 0.6) is 0 Å². The minimum Gasteiger partial charge on any atom is -0.465 e. The van der Waals surface area contributed by atoms with Gasteiger partial charge >= 0.3 is 17.9 Å². The first-order valence-corrected chi connectivity index (χ1v) is 29.2. The highest BCUT2D eigenvalue weighted by molar-refractivity contribution is 5.70. The van der Waals surface area contributed by atoms with Gasteiger partial charge in [0.05, 0.1) is 12.0 Å². The number of esters is 3. The second kappa shape index (κ2) is 52.5. The lowest BCUT2D eigenvalue weighted by Gasteiger charge is -2.30. The summed E-state index contributed by atoms with van der Waals surface area (Å²) in [5, 5.41) is 10.6. The van der Waals surface area contributed by atoms with E-state index in [2.05, 4.69) is 32.9 Å². The molecule has 0 aliphatic rings. The molecule has 0 aliphatic heterocycles. The van der Waals surface area contributed by atoms with Crippen LogP contribution in [0.2, 0.25) is 0 Å². The summed E-state index contributed by atoms with van der Waals surface area (Å²) in [6.07, 6.45) is 58.9. The summed E-state index contributed by atoms with van der Waals surface area (Å²) in [5.41, 5.74) is -1.19. The van der Waals surface area contributed by atoms with Gasteiger partial charge < -0.3 is 19.3 Å². The topological polar surface area (TPSA) is 99.1 Å². The van der Waals surface area contributed by atoms with Gasteiger partial charge in [-0.05, 0) is 44.9 Å². The highest BCUT2D eigenvalue weighted by Crippen LogP contribution is 2.22. The monoisotopic (exact) mass is 933 g/mol. The Labute approximate surface area is 410 Å². The predicted octanol–water partition coefficient (Wildman–Crippen LogP) is 18.2. The van der Waals surface area contributed by atoms with Crippen molar-refractivity contribution in [3.05, 3.63) is 12.2 Å². The third-order valence-corrected chi connectivity index (χ3v) is 13.6. The Balaban J connectivity index is 4.56. The number of aliphatic hydroxyl groups excluding tert-OH is 1. The Hall–Kier alpha value is -1.89.